The van der Waals surface area contributed by atoms with Crippen LogP contribution in [0.5, 0.6) is 0 Å². The largest absolute Gasteiger partial charge is 0.464 e. The normalized spacial score (nSPS) is 12.7. The summed E-state index contributed by atoms with van der Waals surface area (Å²) in [7, 11) is 1.34. The summed E-state index contributed by atoms with van der Waals surface area (Å²) in [6, 6.07) is 13.1. The second kappa shape index (κ2) is 6.83. The number of aromatic nitrogens is 2. The molecule has 2 heterocycles. The van der Waals surface area contributed by atoms with E-state index in [1.807, 2.05) is 47.9 Å². The highest BCUT2D eigenvalue weighted by Crippen LogP contribution is 2.32. The highest BCUT2D eigenvalue weighted by atomic mass is 35.5. The first-order valence-corrected chi connectivity index (χ1v) is 9.03. The molecule has 1 aromatic heterocycles. The van der Waals surface area contributed by atoms with Crippen LogP contribution in [0.15, 0.2) is 47.5 Å². The van der Waals surface area contributed by atoms with Crippen molar-refractivity contribution >= 4 is 34.9 Å². The summed E-state index contributed by atoms with van der Waals surface area (Å²) in [4.78, 5) is 21.4. The first kappa shape index (κ1) is 17.8. The van der Waals surface area contributed by atoms with Crippen LogP contribution >= 0.6 is 23.2 Å². The van der Waals surface area contributed by atoms with Crippen LogP contribution in [0.2, 0.25) is 10.0 Å². The maximum absolute atomic E-state index is 12.2. The minimum atomic E-state index is -0.487. The van der Waals surface area contributed by atoms with Gasteiger partial charge in [-0.2, -0.15) is 0 Å². The maximum atomic E-state index is 12.2. The van der Waals surface area contributed by atoms with Gasteiger partial charge in [0.05, 0.1) is 30.7 Å². The van der Waals surface area contributed by atoms with Crippen LogP contribution in [0.1, 0.15) is 33.1 Å². The summed E-state index contributed by atoms with van der Waals surface area (Å²) in [5.74, 6) is 0.184. The zero-order chi connectivity index (χ0) is 19.1. The van der Waals surface area contributed by atoms with Gasteiger partial charge in [0.2, 0.25) is 0 Å². The van der Waals surface area contributed by atoms with E-state index in [2.05, 4.69) is 4.98 Å². The zero-order valence-corrected chi connectivity index (χ0v) is 16.2. The van der Waals surface area contributed by atoms with Crippen molar-refractivity contribution in [1.29, 1.82) is 0 Å². The van der Waals surface area contributed by atoms with E-state index in [-0.39, 0.29) is 12.2 Å². The molecule has 3 aromatic rings. The van der Waals surface area contributed by atoms with Crippen molar-refractivity contribution in [3.05, 3.63) is 80.8 Å². The number of carbonyl (C=O) groups excluding carboxylic acids is 1. The Hall–Kier alpha value is -2.63. The number of aryl methyl sites for hydroxylation is 1. The molecule has 0 saturated heterocycles. The van der Waals surface area contributed by atoms with Crippen LogP contribution in [0, 0.1) is 6.92 Å². The number of esters is 1. The van der Waals surface area contributed by atoms with Gasteiger partial charge in [0, 0.05) is 21.2 Å². The minimum Gasteiger partial charge on any atom is -0.464 e. The molecule has 0 aliphatic carbocycles. The third-order valence-corrected chi connectivity index (χ3v) is 5.05. The Kier molecular flexibility index (Phi) is 4.50. The van der Waals surface area contributed by atoms with Crippen LogP contribution < -0.4 is 0 Å². The van der Waals surface area contributed by atoms with E-state index >= 15 is 0 Å². The molecule has 0 amide bonds. The smallest absolute Gasteiger partial charge is 0.358 e. The molecular formula is C20H15Cl2N3O2. The molecule has 0 fully saturated rings. The quantitative estimate of drug-likeness (QED) is 0.590. The van der Waals surface area contributed by atoms with Gasteiger partial charge in [-0.3, -0.25) is 9.56 Å². The predicted octanol–water partition coefficient (Wildman–Crippen LogP) is 4.63. The number of aliphatic imine (C=N–C) groups is 1. The highest BCUT2D eigenvalue weighted by Gasteiger charge is 2.27. The number of rotatable bonds is 2. The van der Waals surface area contributed by atoms with Crippen molar-refractivity contribution < 1.29 is 9.53 Å². The van der Waals surface area contributed by atoms with E-state index in [4.69, 9.17) is 32.9 Å². The number of methoxy groups -OCH3 is 1. The lowest BCUT2D eigenvalue weighted by Gasteiger charge is -2.14. The highest BCUT2D eigenvalue weighted by molar-refractivity contribution is 6.36. The van der Waals surface area contributed by atoms with Gasteiger partial charge in [0.15, 0.2) is 5.69 Å². The molecule has 1 aliphatic rings. The zero-order valence-electron chi connectivity index (χ0n) is 14.7. The van der Waals surface area contributed by atoms with E-state index in [9.17, 15) is 4.79 Å². The molecule has 1 aliphatic heterocycles. The fourth-order valence-electron chi connectivity index (χ4n) is 3.32. The molecule has 27 heavy (non-hydrogen) atoms. The SMILES string of the molecule is COC(=O)c1nc(C)n2c1CN=C(c1ccccc1Cl)c1cc(Cl)ccc1-2. The molecule has 0 radical (unpaired) electrons. The van der Waals surface area contributed by atoms with Crippen LogP contribution in [-0.2, 0) is 11.3 Å². The summed E-state index contributed by atoms with van der Waals surface area (Å²) in [6.45, 7) is 2.10. The number of ether oxygens (including phenoxy) is 1. The molecule has 0 N–H and O–H groups in total. The molecule has 0 spiro atoms. The number of imidazole rings is 1. The summed E-state index contributed by atoms with van der Waals surface area (Å²) in [6.07, 6.45) is 0. The third kappa shape index (κ3) is 2.93. The summed E-state index contributed by atoms with van der Waals surface area (Å²) >= 11 is 12.7. The van der Waals surface area contributed by atoms with Gasteiger partial charge in [-0.25, -0.2) is 9.78 Å². The van der Waals surface area contributed by atoms with Gasteiger partial charge in [-0.15, -0.1) is 0 Å². The van der Waals surface area contributed by atoms with Gasteiger partial charge in [-0.1, -0.05) is 41.4 Å². The summed E-state index contributed by atoms with van der Waals surface area (Å²) in [5, 5.41) is 1.18. The Morgan fingerprint density at radius 2 is 1.93 bits per heavy atom. The number of carbonyl (C=O) groups is 1. The van der Waals surface area contributed by atoms with Crippen molar-refractivity contribution in [3.63, 3.8) is 0 Å². The van der Waals surface area contributed by atoms with Crippen molar-refractivity contribution in [1.82, 2.24) is 9.55 Å². The van der Waals surface area contributed by atoms with Crippen LogP contribution in [-0.4, -0.2) is 28.3 Å². The van der Waals surface area contributed by atoms with Crippen LogP contribution in [0.3, 0.4) is 0 Å². The maximum Gasteiger partial charge on any atom is 0.358 e. The molecule has 2 aromatic carbocycles. The van der Waals surface area contributed by atoms with E-state index in [1.165, 1.54) is 7.11 Å². The first-order valence-electron chi connectivity index (χ1n) is 8.27. The molecule has 0 bridgehead atoms. The summed E-state index contributed by atoms with van der Waals surface area (Å²) < 4.78 is 6.81. The average Bonchev–Trinajstić information content (AvgIpc) is 2.89. The van der Waals surface area contributed by atoms with Gasteiger partial charge in [0.1, 0.15) is 5.82 Å². The molecule has 7 heteroatoms. The van der Waals surface area contributed by atoms with E-state index in [0.717, 1.165) is 22.5 Å². The molecular weight excluding hydrogens is 385 g/mol. The second-order valence-corrected chi connectivity index (χ2v) is 6.93. The fourth-order valence-corrected chi connectivity index (χ4v) is 3.72. The Morgan fingerprint density at radius 3 is 2.67 bits per heavy atom. The monoisotopic (exact) mass is 399 g/mol. The van der Waals surface area contributed by atoms with Crippen molar-refractivity contribution in [3.8, 4) is 5.69 Å². The lowest BCUT2D eigenvalue weighted by atomic mass is 10.0. The number of benzene rings is 2. The molecule has 136 valence electrons. The Morgan fingerprint density at radius 1 is 1.15 bits per heavy atom. The Balaban J connectivity index is 2.02. The van der Waals surface area contributed by atoms with E-state index in [1.54, 1.807) is 6.07 Å². The molecule has 0 atom stereocenters. The molecule has 5 nitrogen and oxygen atoms in total. The van der Waals surface area contributed by atoms with Crippen molar-refractivity contribution in [2.75, 3.05) is 7.11 Å². The third-order valence-electron chi connectivity index (χ3n) is 4.49. The van der Waals surface area contributed by atoms with Gasteiger partial charge in [0.25, 0.3) is 0 Å². The van der Waals surface area contributed by atoms with Crippen LogP contribution in [0.4, 0.5) is 0 Å². The second-order valence-electron chi connectivity index (χ2n) is 6.09. The fraction of sp³-hybridized carbons (Fsp3) is 0.150. The number of hydrogen-bond donors (Lipinski definition) is 0. The lowest BCUT2D eigenvalue weighted by Crippen LogP contribution is -2.09. The van der Waals surface area contributed by atoms with Crippen LogP contribution in [0.25, 0.3) is 5.69 Å². The standard InChI is InChI=1S/C20H15Cl2N3O2/c1-11-24-19(20(26)27-2)17-10-23-18(13-5-3-4-6-15(13)22)14-9-12(21)7-8-16(14)25(11)17/h3-9H,10H2,1-2H3. The Bertz CT molecular complexity index is 1100. The predicted molar refractivity (Wildman–Crippen MR) is 105 cm³/mol. The first-order chi connectivity index (χ1) is 13.0. The molecule has 0 saturated carbocycles. The van der Waals surface area contributed by atoms with E-state index in [0.29, 0.717) is 21.6 Å². The number of fused-ring (bicyclic) bond motifs is 3. The number of hydrogen-bond acceptors (Lipinski definition) is 4. The number of halogens is 2. The molecule has 4 rings (SSSR count). The minimum absolute atomic E-state index is 0.262. The van der Waals surface area contributed by atoms with E-state index < -0.39 is 5.97 Å². The number of nitrogens with zero attached hydrogens (tertiary/aromatic N) is 3. The Labute approximate surface area is 166 Å². The average molecular weight is 400 g/mol. The van der Waals surface area contributed by atoms with Gasteiger partial charge >= 0.3 is 5.97 Å². The van der Waals surface area contributed by atoms with Gasteiger partial charge in [-0.05, 0) is 31.2 Å². The lowest BCUT2D eigenvalue weighted by molar-refractivity contribution is 0.0593. The van der Waals surface area contributed by atoms with Crippen molar-refractivity contribution in [2.24, 2.45) is 4.99 Å². The van der Waals surface area contributed by atoms with Gasteiger partial charge < -0.3 is 4.74 Å². The molecule has 0 unspecified atom stereocenters. The summed E-state index contributed by atoms with van der Waals surface area (Å²) in [5.41, 5.74) is 4.12. The topological polar surface area (TPSA) is 56.5 Å². The van der Waals surface area contributed by atoms with Crippen molar-refractivity contribution in [2.45, 2.75) is 13.5 Å².